The molecule has 0 radical (unpaired) electrons. The number of nitrogens with two attached hydrogens (primary N) is 1. The molecule has 2 rings (SSSR count). The molecule has 18 heavy (non-hydrogen) atoms. The smallest absolute Gasteiger partial charge is 0.137 e. The summed E-state index contributed by atoms with van der Waals surface area (Å²) in [6.07, 6.45) is 4.46. The molecule has 0 aliphatic carbocycles. The number of hydrogen-bond acceptors (Lipinski definition) is 3. The van der Waals surface area contributed by atoms with Gasteiger partial charge < -0.3 is 10.5 Å². The lowest BCUT2D eigenvalue weighted by atomic mass is 9.93. The van der Waals surface area contributed by atoms with E-state index in [1.165, 1.54) is 5.56 Å². The molecule has 1 unspecified atom stereocenters. The topological polar surface area (TPSA) is 48.1 Å². The zero-order chi connectivity index (χ0) is 12.8. The third-order valence-corrected chi connectivity index (χ3v) is 3.04. The van der Waals surface area contributed by atoms with Crippen molar-refractivity contribution in [1.82, 2.24) is 4.98 Å². The molecule has 3 nitrogen and oxygen atoms in total. The highest BCUT2D eigenvalue weighted by molar-refractivity contribution is 5.27. The molecule has 0 fully saturated rings. The van der Waals surface area contributed by atoms with Crippen LogP contribution in [0.3, 0.4) is 0 Å². The van der Waals surface area contributed by atoms with Crippen molar-refractivity contribution in [1.29, 1.82) is 0 Å². The first kappa shape index (κ1) is 12.6. The van der Waals surface area contributed by atoms with Gasteiger partial charge in [-0.05, 0) is 30.2 Å². The Labute approximate surface area is 108 Å². The van der Waals surface area contributed by atoms with Crippen LogP contribution in [0.2, 0.25) is 0 Å². The van der Waals surface area contributed by atoms with E-state index in [1.807, 2.05) is 30.5 Å². The molecule has 1 aromatic heterocycles. The lowest BCUT2D eigenvalue weighted by molar-refractivity contribution is 0.412. The summed E-state index contributed by atoms with van der Waals surface area (Å²) in [6, 6.07) is 12.3. The van der Waals surface area contributed by atoms with Crippen LogP contribution >= 0.6 is 0 Å². The van der Waals surface area contributed by atoms with E-state index in [9.17, 15) is 0 Å². The lowest BCUT2D eigenvalue weighted by Gasteiger charge is -2.15. The van der Waals surface area contributed by atoms with E-state index in [4.69, 9.17) is 10.5 Å². The molecule has 0 bridgehead atoms. The van der Waals surface area contributed by atoms with Crippen molar-refractivity contribution >= 4 is 0 Å². The van der Waals surface area contributed by atoms with Gasteiger partial charge in [-0.25, -0.2) is 0 Å². The Morgan fingerprint density at radius 2 is 2.00 bits per heavy atom. The largest absolute Gasteiger partial charge is 0.495 e. The fourth-order valence-corrected chi connectivity index (χ4v) is 2.03. The molecule has 0 amide bonds. The summed E-state index contributed by atoms with van der Waals surface area (Å²) in [5.41, 5.74) is 8.28. The van der Waals surface area contributed by atoms with Gasteiger partial charge in [-0.1, -0.05) is 30.3 Å². The van der Waals surface area contributed by atoms with Crippen molar-refractivity contribution in [2.45, 2.75) is 12.3 Å². The third-order valence-electron chi connectivity index (χ3n) is 3.04. The van der Waals surface area contributed by atoms with Crippen molar-refractivity contribution in [3.63, 3.8) is 0 Å². The number of nitrogens with zero attached hydrogens (tertiary/aromatic N) is 1. The van der Waals surface area contributed by atoms with E-state index in [2.05, 4.69) is 17.1 Å². The fraction of sp³-hybridized carbons (Fsp3) is 0.267. The molecule has 0 aliphatic rings. The first-order valence-corrected chi connectivity index (χ1v) is 6.06. The Kier molecular flexibility index (Phi) is 4.31. The van der Waals surface area contributed by atoms with Crippen LogP contribution in [-0.2, 0) is 6.42 Å². The Balaban J connectivity index is 2.15. The van der Waals surface area contributed by atoms with Gasteiger partial charge in [0.1, 0.15) is 5.75 Å². The average Bonchev–Trinajstić information content (AvgIpc) is 2.46. The van der Waals surface area contributed by atoms with Crippen molar-refractivity contribution in [3.8, 4) is 5.75 Å². The number of rotatable bonds is 5. The number of pyridine rings is 1. The summed E-state index contributed by atoms with van der Waals surface area (Å²) in [5, 5.41) is 0. The second kappa shape index (κ2) is 6.17. The van der Waals surface area contributed by atoms with Gasteiger partial charge in [-0.3, -0.25) is 4.98 Å². The number of hydrogen-bond donors (Lipinski definition) is 1. The van der Waals surface area contributed by atoms with E-state index in [0.29, 0.717) is 12.5 Å². The van der Waals surface area contributed by atoms with Crippen molar-refractivity contribution in [2.24, 2.45) is 5.73 Å². The number of benzene rings is 1. The number of aromatic nitrogens is 1. The Bertz CT molecular complexity index is 485. The van der Waals surface area contributed by atoms with E-state index < -0.39 is 0 Å². The molecule has 0 saturated heterocycles. The van der Waals surface area contributed by atoms with Crippen LogP contribution in [0, 0.1) is 0 Å². The number of methoxy groups -OCH3 is 1. The lowest BCUT2D eigenvalue weighted by Crippen LogP contribution is -2.15. The molecule has 2 N–H and O–H groups in total. The maximum Gasteiger partial charge on any atom is 0.137 e. The molecule has 1 aromatic carbocycles. The molecule has 0 spiro atoms. The molecular weight excluding hydrogens is 224 g/mol. The molecule has 0 saturated carbocycles. The summed E-state index contributed by atoms with van der Waals surface area (Å²) < 4.78 is 5.18. The average molecular weight is 242 g/mol. The van der Waals surface area contributed by atoms with Crippen molar-refractivity contribution in [3.05, 3.63) is 59.9 Å². The van der Waals surface area contributed by atoms with Gasteiger partial charge in [0.15, 0.2) is 0 Å². The minimum atomic E-state index is 0.320. The second-order valence-electron chi connectivity index (χ2n) is 4.28. The van der Waals surface area contributed by atoms with E-state index >= 15 is 0 Å². The van der Waals surface area contributed by atoms with E-state index in [1.54, 1.807) is 13.3 Å². The van der Waals surface area contributed by atoms with Crippen LogP contribution < -0.4 is 10.5 Å². The van der Waals surface area contributed by atoms with Crippen LogP contribution in [0.15, 0.2) is 48.8 Å². The van der Waals surface area contributed by atoms with Gasteiger partial charge >= 0.3 is 0 Å². The zero-order valence-electron chi connectivity index (χ0n) is 10.5. The standard InChI is InChI=1S/C15H18N2O/c1-18-15-8-12(10-17-11-15)7-14(9-16)13-5-3-2-4-6-13/h2-6,8,10-11,14H,7,9,16H2,1H3. The predicted molar refractivity (Wildman–Crippen MR) is 72.7 cm³/mol. The molecule has 94 valence electrons. The summed E-state index contributed by atoms with van der Waals surface area (Å²) in [5.74, 6) is 1.11. The van der Waals surface area contributed by atoms with Crippen LogP contribution in [-0.4, -0.2) is 18.6 Å². The van der Waals surface area contributed by atoms with E-state index in [-0.39, 0.29) is 0 Å². The Morgan fingerprint density at radius 1 is 1.22 bits per heavy atom. The normalized spacial score (nSPS) is 12.1. The second-order valence-corrected chi connectivity index (χ2v) is 4.28. The minimum Gasteiger partial charge on any atom is -0.495 e. The fourth-order valence-electron chi connectivity index (χ4n) is 2.03. The SMILES string of the molecule is COc1cncc(CC(CN)c2ccccc2)c1. The maximum atomic E-state index is 5.87. The quantitative estimate of drug-likeness (QED) is 0.875. The summed E-state index contributed by atoms with van der Waals surface area (Å²) in [6.45, 7) is 0.626. The van der Waals surface area contributed by atoms with Crippen LogP contribution in [0.4, 0.5) is 0 Å². The highest BCUT2D eigenvalue weighted by atomic mass is 16.5. The third kappa shape index (κ3) is 3.08. The summed E-state index contributed by atoms with van der Waals surface area (Å²) in [4.78, 5) is 4.17. The Morgan fingerprint density at radius 3 is 2.67 bits per heavy atom. The predicted octanol–water partition coefficient (Wildman–Crippen LogP) is 2.38. The van der Waals surface area contributed by atoms with Crippen molar-refractivity contribution in [2.75, 3.05) is 13.7 Å². The van der Waals surface area contributed by atoms with Gasteiger partial charge in [0.25, 0.3) is 0 Å². The molecule has 2 aromatic rings. The highest BCUT2D eigenvalue weighted by Gasteiger charge is 2.10. The first-order chi connectivity index (χ1) is 8.83. The summed E-state index contributed by atoms with van der Waals surface area (Å²) in [7, 11) is 1.65. The molecule has 3 heteroatoms. The van der Waals surface area contributed by atoms with Crippen molar-refractivity contribution < 1.29 is 4.74 Å². The zero-order valence-corrected chi connectivity index (χ0v) is 10.5. The molecule has 1 atom stereocenters. The van der Waals surface area contributed by atoms with Gasteiger partial charge in [0, 0.05) is 12.1 Å². The number of ether oxygens (including phenoxy) is 1. The van der Waals surface area contributed by atoms with Crippen LogP contribution in [0.25, 0.3) is 0 Å². The minimum absolute atomic E-state index is 0.320. The monoisotopic (exact) mass is 242 g/mol. The van der Waals surface area contributed by atoms with Gasteiger partial charge in [0.2, 0.25) is 0 Å². The maximum absolute atomic E-state index is 5.87. The van der Waals surface area contributed by atoms with Crippen LogP contribution in [0.1, 0.15) is 17.0 Å². The Hall–Kier alpha value is -1.87. The highest BCUT2D eigenvalue weighted by Crippen LogP contribution is 2.21. The van der Waals surface area contributed by atoms with E-state index in [0.717, 1.165) is 17.7 Å². The van der Waals surface area contributed by atoms with Gasteiger partial charge in [0.05, 0.1) is 13.3 Å². The first-order valence-electron chi connectivity index (χ1n) is 6.06. The summed E-state index contributed by atoms with van der Waals surface area (Å²) >= 11 is 0. The van der Waals surface area contributed by atoms with Gasteiger partial charge in [-0.2, -0.15) is 0 Å². The van der Waals surface area contributed by atoms with Gasteiger partial charge in [-0.15, -0.1) is 0 Å². The molecule has 0 aliphatic heterocycles. The molecule has 1 heterocycles. The van der Waals surface area contributed by atoms with Crippen LogP contribution in [0.5, 0.6) is 5.75 Å². The molecular formula is C15H18N2O.